The molecular weight excluding hydrogens is 218 g/mol. The van der Waals surface area contributed by atoms with Gasteiger partial charge in [-0.3, -0.25) is 9.59 Å². The minimum Gasteiger partial charge on any atom is -0.354 e. The Bertz CT molecular complexity index is 262. The quantitative estimate of drug-likeness (QED) is 0.699. The summed E-state index contributed by atoms with van der Waals surface area (Å²) in [6.07, 6.45) is 4.15. The van der Waals surface area contributed by atoms with Gasteiger partial charge in [0.1, 0.15) is 0 Å². The van der Waals surface area contributed by atoms with E-state index >= 15 is 0 Å². The normalized spacial score (nSPS) is 16.9. The van der Waals surface area contributed by atoms with Gasteiger partial charge in [-0.25, -0.2) is 0 Å². The van der Waals surface area contributed by atoms with Crippen molar-refractivity contribution in [2.75, 3.05) is 19.6 Å². The van der Waals surface area contributed by atoms with Gasteiger partial charge in [-0.2, -0.15) is 0 Å². The summed E-state index contributed by atoms with van der Waals surface area (Å²) < 4.78 is 0. The Balaban J connectivity index is 2.14. The molecule has 1 saturated heterocycles. The predicted octanol–water partition coefficient (Wildman–Crippen LogP) is 0.243. The summed E-state index contributed by atoms with van der Waals surface area (Å²) in [6.45, 7) is 4.11. The number of rotatable bonds is 6. The van der Waals surface area contributed by atoms with Crippen LogP contribution in [0.2, 0.25) is 0 Å². The molecule has 1 aliphatic heterocycles. The zero-order valence-electron chi connectivity index (χ0n) is 10.6. The zero-order valence-corrected chi connectivity index (χ0v) is 10.6. The highest BCUT2D eigenvalue weighted by atomic mass is 16.2. The SMILES string of the molecule is CCC[C@H](N)C(=O)NCCC(=O)N1CCCC1. The van der Waals surface area contributed by atoms with Gasteiger partial charge in [0.05, 0.1) is 6.04 Å². The van der Waals surface area contributed by atoms with E-state index in [0.717, 1.165) is 32.4 Å². The minimum atomic E-state index is -0.443. The van der Waals surface area contributed by atoms with Gasteiger partial charge in [0.15, 0.2) is 0 Å². The highest BCUT2D eigenvalue weighted by Crippen LogP contribution is 2.08. The molecule has 0 aromatic heterocycles. The lowest BCUT2D eigenvalue weighted by atomic mass is 10.1. The average molecular weight is 241 g/mol. The third-order valence-corrected chi connectivity index (χ3v) is 3.03. The van der Waals surface area contributed by atoms with Crippen LogP contribution in [0.5, 0.6) is 0 Å². The Morgan fingerprint density at radius 1 is 1.35 bits per heavy atom. The van der Waals surface area contributed by atoms with E-state index in [0.29, 0.717) is 19.4 Å². The smallest absolute Gasteiger partial charge is 0.236 e. The molecule has 5 heteroatoms. The summed E-state index contributed by atoms with van der Waals surface area (Å²) >= 11 is 0. The highest BCUT2D eigenvalue weighted by molar-refractivity contribution is 5.82. The largest absolute Gasteiger partial charge is 0.354 e. The molecule has 0 spiro atoms. The van der Waals surface area contributed by atoms with Crippen molar-refractivity contribution in [1.82, 2.24) is 10.2 Å². The van der Waals surface area contributed by atoms with Crippen LogP contribution in [0.15, 0.2) is 0 Å². The third kappa shape index (κ3) is 4.73. The number of nitrogens with zero attached hydrogens (tertiary/aromatic N) is 1. The molecule has 0 bridgehead atoms. The minimum absolute atomic E-state index is 0.131. The summed E-state index contributed by atoms with van der Waals surface area (Å²) in [5, 5.41) is 2.71. The van der Waals surface area contributed by atoms with Gasteiger partial charge in [0.2, 0.25) is 11.8 Å². The van der Waals surface area contributed by atoms with Crippen molar-refractivity contribution in [2.24, 2.45) is 5.73 Å². The monoisotopic (exact) mass is 241 g/mol. The van der Waals surface area contributed by atoms with Crippen LogP contribution < -0.4 is 11.1 Å². The van der Waals surface area contributed by atoms with Crippen molar-refractivity contribution >= 4 is 11.8 Å². The van der Waals surface area contributed by atoms with E-state index in [4.69, 9.17) is 5.73 Å². The van der Waals surface area contributed by atoms with Crippen molar-refractivity contribution in [2.45, 2.75) is 45.1 Å². The molecule has 2 amide bonds. The highest BCUT2D eigenvalue weighted by Gasteiger charge is 2.18. The molecule has 1 aliphatic rings. The molecule has 1 heterocycles. The molecule has 98 valence electrons. The molecule has 3 N–H and O–H groups in total. The molecule has 0 aromatic carbocycles. The van der Waals surface area contributed by atoms with Crippen LogP contribution in [-0.4, -0.2) is 42.4 Å². The molecule has 1 fully saturated rings. The number of nitrogens with one attached hydrogen (secondary N) is 1. The number of likely N-dealkylation sites (tertiary alicyclic amines) is 1. The van der Waals surface area contributed by atoms with E-state index < -0.39 is 6.04 Å². The van der Waals surface area contributed by atoms with E-state index in [1.807, 2.05) is 11.8 Å². The van der Waals surface area contributed by atoms with Crippen molar-refractivity contribution < 1.29 is 9.59 Å². The van der Waals surface area contributed by atoms with Gasteiger partial charge in [0, 0.05) is 26.1 Å². The Morgan fingerprint density at radius 2 is 2.00 bits per heavy atom. The lowest BCUT2D eigenvalue weighted by Crippen LogP contribution is -2.42. The van der Waals surface area contributed by atoms with E-state index in [1.54, 1.807) is 0 Å². The predicted molar refractivity (Wildman–Crippen MR) is 66.3 cm³/mol. The van der Waals surface area contributed by atoms with Gasteiger partial charge in [-0.05, 0) is 19.3 Å². The molecule has 0 aliphatic carbocycles. The number of carbonyl (C=O) groups excluding carboxylic acids is 2. The second kappa shape index (κ2) is 7.27. The van der Waals surface area contributed by atoms with Crippen molar-refractivity contribution in [3.63, 3.8) is 0 Å². The van der Waals surface area contributed by atoms with Crippen LogP contribution in [0.25, 0.3) is 0 Å². The standard InChI is InChI=1S/C12H23N3O2/c1-2-5-10(13)12(17)14-7-6-11(16)15-8-3-4-9-15/h10H,2-9,13H2,1H3,(H,14,17)/t10-/m0/s1. The zero-order chi connectivity index (χ0) is 12.7. The van der Waals surface area contributed by atoms with E-state index in [9.17, 15) is 9.59 Å². The summed E-state index contributed by atoms with van der Waals surface area (Å²) in [6, 6.07) is -0.443. The summed E-state index contributed by atoms with van der Waals surface area (Å²) in [4.78, 5) is 25.0. The number of carbonyl (C=O) groups is 2. The second-order valence-corrected chi connectivity index (χ2v) is 4.52. The van der Waals surface area contributed by atoms with Crippen LogP contribution in [0.4, 0.5) is 0 Å². The van der Waals surface area contributed by atoms with Gasteiger partial charge >= 0.3 is 0 Å². The maximum atomic E-state index is 11.7. The molecule has 0 saturated carbocycles. The fourth-order valence-electron chi connectivity index (χ4n) is 1.99. The van der Waals surface area contributed by atoms with E-state index in [2.05, 4.69) is 5.32 Å². The Kier molecular flexibility index (Phi) is 5.97. The van der Waals surface area contributed by atoms with Crippen LogP contribution in [0, 0.1) is 0 Å². The van der Waals surface area contributed by atoms with Crippen molar-refractivity contribution in [3.05, 3.63) is 0 Å². The van der Waals surface area contributed by atoms with Gasteiger partial charge in [0.25, 0.3) is 0 Å². The molecule has 5 nitrogen and oxygen atoms in total. The van der Waals surface area contributed by atoms with Gasteiger partial charge in [-0.1, -0.05) is 13.3 Å². The molecule has 0 aromatic rings. The number of hydrogen-bond acceptors (Lipinski definition) is 3. The first kappa shape index (κ1) is 14.0. The lowest BCUT2D eigenvalue weighted by molar-refractivity contribution is -0.130. The van der Waals surface area contributed by atoms with Crippen molar-refractivity contribution in [3.8, 4) is 0 Å². The first-order chi connectivity index (χ1) is 8.15. The van der Waals surface area contributed by atoms with Crippen molar-refractivity contribution in [1.29, 1.82) is 0 Å². The van der Waals surface area contributed by atoms with E-state index in [-0.39, 0.29) is 11.8 Å². The summed E-state index contributed by atoms with van der Waals surface area (Å²) in [5.41, 5.74) is 5.66. The van der Waals surface area contributed by atoms with Crippen LogP contribution in [-0.2, 0) is 9.59 Å². The fraction of sp³-hybridized carbons (Fsp3) is 0.833. The number of hydrogen-bond donors (Lipinski definition) is 2. The van der Waals surface area contributed by atoms with Crippen LogP contribution >= 0.6 is 0 Å². The Morgan fingerprint density at radius 3 is 2.59 bits per heavy atom. The summed E-state index contributed by atoms with van der Waals surface area (Å²) in [5.74, 6) is -0.0204. The molecular formula is C12H23N3O2. The third-order valence-electron chi connectivity index (χ3n) is 3.03. The maximum absolute atomic E-state index is 11.7. The maximum Gasteiger partial charge on any atom is 0.236 e. The first-order valence-electron chi connectivity index (χ1n) is 6.46. The average Bonchev–Trinajstić information content (AvgIpc) is 2.82. The van der Waals surface area contributed by atoms with Crippen LogP contribution in [0.3, 0.4) is 0 Å². The van der Waals surface area contributed by atoms with E-state index in [1.165, 1.54) is 0 Å². The number of nitrogens with two attached hydrogens (primary N) is 1. The molecule has 1 rings (SSSR count). The number of amides is 2. The first-order valence-corrected chi connectivity index (χ1v) is 6.46. The van der Waals surface area contributed by atoms with Gasteiger partial charge in [-0.15, -0.1) is 0 Å². The molecule has 0 radical (unpaired) electrons. The Labute approximate surface area is 103 Å². The lowest BCUT2D eigenvalue weighted by Gasteiger charge is -2.16. The Hall–Kier alpha value is -1.10. The summed E-state index contributed by atoms with van der Waals surface area (Å²) in [7, 11) is 0. The van der Waals surface area contributed by atoms with Gasteiger partial charge < -0.3 is 16.0 Å². The van der Waals surface area contributed by atoms with Crippen LogP contribution in [0.1, 0.15) is 39.0 Å². The molecule has 1 atom stereocenters. The second-order valence-electron chi connectivity index (χ2n) is 4.52. The fourth-order valence-corrected chi connectivity index (χ4v) is 1.99. The molecule has 0 unspecified atom stereocenters. The molecule has 17 heavy (non-hydrogen) atoms. The topological polar surface area (TPSA) is 75.4 Å².